The molecular formula is C15H13BrF2IN. The molecule has 1 nitrogen and oxygen atoms in total. The van der Waals surface area contributed by atoms with Gasteiger partial charge in [0.1, 0.15) is 11.6 Å². The van der Waals surface area contributed by atoms with E-state index in [0.717, 1.165) is 9.13 Å². The predicted octanol–water partition coefficient (Wildman–Crippen LogP) is 4.84. The Hall–Kier alpha value is -0.530. The van der Waals surface area contributed by atoms with Gasteiger partial charge in [0, 0.05) is 15.2 Å². The summed E-state index contributed by atoms with van der Waals surface area (Å²) < 4.78 is 29.2. The van der Waals surface area contributed by atoms with Crippen molar-refractivity contribution in [1.29, 1.82) is 0 Å². The van der Waals surface area contributed by atoms with Crippen molar-refractivity contribution in [2.45, 2.75) is 12.5 Å². The third-order valence-electron chi connectivity index (χ3n) is 3.15. The van der Waals surface area contributed by atoms with Gasteiger partial charge >= 0.3 is 0 Å². The first kappa shape index (κ1) is 15.9. The molecule has 0 heterocycles. The molecule has 0 aliphatic heterocycles. The van der Waals surface area contributed by atoms with Crippen molar-refractivity contribution in [3.05, 3.63) is 67.2 Å². The zero-order chi connectivity index (χ0) is 14.7. The summed E-state index contributed by atoms with van der Waals surface area (Å²) >= 11 is 5.32. The minimum Gasteiger partial charge on any atom is -0.313 e. The van der Waals surface area contributed by atoms with Gasteiger partial charge in [0.2, 0.25) is 0 Å². The van der Waals surface area contributed by atoms with Crippen molar-refractivity contribution >= 4 is 38.5 Å². The lowest BCUT2D eigenvalue weighted by Gasteiger charge is -2.18. The molecular weight excluding hydrogens is 439 g/mol. The summed E-state index contributed by atoms with van der Waals surface area (Å²) in [5.41, 5.74) is 1.11. The van der Waals surface area contributed by atoms with Gasteiger partial charge in [-0.3, -0.25) is 0 Å². The summed E-state index contributed by atoms with van der Waals surface area (Å²) in [6.07, 6.45) is 0.258. The minimum absolute atomic E-state index is 0.0950. The van der Waals surface area contributed by atoms with Crippen LogP contribution >= 0.6 is 38.5 Å². The van der Waals surface area contributed by atoms with Gasteiger partial charge < -0.3 is 5.32 Å². The molecule has 2 aromatic rings. The second-order valence-corrected chi connectivity index (χ2v) is 6.52. The average Bonchev–Trinajstić information content (AvgIpc) is 2.43. The molecule has 0 radical (unpaired) electrons. The molecule has 0 fully saturated rings. The van der Waals surface area contributed by atoms with Crippen LogP contribution in [0.3, 0.4) is 0 Å². The lowest BCUT2D eigenvalue weighted by Crippen LogP contribution is -2.20. The Morgan fingerprint density at radius 2 is 2.00 bits per heavy atom. The molecule has 106 valence electrons. The second kappa shape index (κ2) is 6.95. The number of halogens is 4. The Balaban J connectivity index is 2.34. The topological polar surface area (TPSA) is 12.0 Å². The third-order valence-corrected chi connectivity index (χ3v) is 4.43. The largest absolute Gasteiger partial charge is 0.313 e. The normalized spacial score (nSPS) is 12.4. The molecule has 0 aliphatic rings. The number of rotatable bonds is 4. The maximum absolute atomic E-state index is 14.0. The molecule has 0 bridgehead atoms. The van der Waals surface area contributed by atoms with Crippen molar-refractivity contribution in [3.63, 3.8) is 0 Å². The van der Waals surface area contributed by atoms with E-state index < -0.39 is 11.6 Å². The molecule has 5 heteroatoms. The maximum Gasteiger partial charge on any atom is 0.143 e. The van der Waals surface area contributed by atoms with Crippen molar-refractivity contribution < 1.29 is 8.78 Å². The van der Waals surface area contributed by atoms with Crippen LogP contribution in [-0.2, 0) is 6.42 Å². The highest BCUT2D eigenvalue weighted by atomic mass is 127. The molecule has 0 saturated heterocycles. The summed E-state index contributed by atoms with van der Waals surface area (Å²) in [4.78, 5) is 0. The van der Waals surface area contributed by atoms with Gasteiger partial charge in [-0.2, -0.15) is 0 Å². The standard InChI is InChI=1S/C15H13BrF2IN/c1-20-14(9-3-2-4-10(19)7-9)8-11-13(17)6-5-12(16)15(11)18/h2-7,14,20H,8H2,1H3. The van der Waals surface area contributed by atoms with Crippen molar-refractivity contribution in [2.24, 2.45) is 0 Å². The summed E-state index contributed by atoms with van der Waals surface area (Å²) in [5.74, 6) is -1.05. The van der Waals surface area contributed by atoms with Crippen LogP contribution in [0.25, 0.3) is 0 Å². The molecule has 20 heavy (non-hydrogen) atoms. The smallest absolute Gasteiger partial charge is 0.143 e. The Bertz CT molecular complexity index is 619. The molecule has 2 rings (SSSR count). The zero-order valence-electron chi connectivity index (χ0n) is 10.8. The fourth-order valence-corrected chi connectivity index (χ4v) is 3.01. The first-order valence-electron chi connectivity index (χ1n) is 6.08. The van der Waals surface area contributed by atoms with Crippen LogP contribution < -0.4 is 5.32 Å². The van der Waals surface area contributed by atoms with Crippen LogP contribution in [0, 0.1) is 15.2 Å². The van der Waals surface area contributed by atoms with E-state index >= 15 is 0 Å². The number of nitrogens with one attached hydrogen (secondary N) is 1. The highest BCUT2D eigenvalue weighted by Gasteiger charge is 2.18. The molecule has 0 saturated carbocycles. The fourth-order valence-electron chi connectivity index (χ4n) is 2.07. The van der Waals surface area contributed by atoms with Gasteiger partial charge in [-0.15, -0.1) is 0 Å². The van der Waals surface area contributed by atoms with E-state index in [1.165, 1.54) is 12.1 Å². The van der Waals surface area contributed by atoms with Gasteiger partial charge in [0.25, 0.3) is 0 Å². The summed E-state index contributed by atoms with van der Waals surface area (Å²) in [6.45, 7) is 0. The fraction of sp³-hybridized carbons (Fsp3) is 0.200. The monoisotopic (exact) mass is 451 g/mol. The summed E-state index contributed by atoms with van der Waals surface area (Å²) in [7, 11) is 1.79. The lowest BCUT2D eigenvalue weighted by atomic mass is 9.98. The van der Waals surface area contributed by atoms with E-state index in [2.05, 4.69) is 43.8 Å². The molecule has 1 unspecified atom stereocenters. The van der Waals surface area contributed by atoms with Crippen molar-refractivity contribution in [2.75, 3.05) is 7.05 Å². The minimum atomic E-state index is -0.532. The zero-order valence-corrected chi connectivity index (χ0v) is 14.5. The Kier molecular flexibility index (Phi) is 5.51. The van der Waals surface area contributed by atoms with Gasteiger partial charge in [0.05, 0.1) is 4.47 Å². The average molecular weight is 452 g/mol. The first-order valence-corrected chi connectivity index (χ1v) is 7.95. The number of hydrogen-bond donors (Lipinski definition) is 1. The van der Waals surface area contributed by atoms with E-state index in [1.54, 1.807) is 7.05 Å². The Morgan fingerprint density at radius 3 is 2.65 bits per heavy atom. The maximum atomic E-state index is 14.0. The lowest BCUT2D eigenvalue weighted by molar-refractivity contribution is 0.512. The molecule has 2 aromatic carbocycles. The van der Waals surface area contributed by atoms with Crippen LogP contribution in [0.15, 0.2) is 40.9 Å². The molecule has 0 aromatic heterocycles. The Morgan fingerprint density at radius 1 is 1.25 bits per heavy atom. The van der Waals surface area contributed by atoms with Gasteiger partial charge in [0.15, 0.2) is 0 Å². The van der Waals surface area contributed by atoms with E-state index in [4.69, 9.17) is 0 Å². The third kappa shape index (κ3) is 3.56. The number of likely N-dealkylation sites (N-methyl/N-ethyl adjacent to an activating group) is 1. The van der Waals surface area contributed by atoms with Crippen LogP contribution in [0.4, 0.5) is 8.78 Å². The van der Waals surface area contributed by atoms with Crippen molar-refractivity contribution in [1.82, 2.24) is 5.32 Å². The second-order valence-electron chi connectivity index (χ2n) is 4.42. The summed E-state index contributed by atoms with van der Waals surface area (Å²) in [6, 6.07) is 10.4. The summed E-state index contributed by atoms with van der Waals surface area (Å²) in [5, 5.41) is 3.12. The van der Waals surface area contributed by atoms with Gasteiger partial charge in [-0.25, -0.2) is 8.78 Å². The van der Waals surface area contributed by atoms with Crippen LogP contribution in [0.5, 0.6) is 0 Å². The van der Waals surface area contributed by atoms with Crippen LogP contribution in [0.2, 0.25) is 0 Å². The predicted molar refractivity (Wildman–Crippen MR) is 88.7 cm³/mol. The van der Waals surface area contributed by atoms with E-state index in [9.17, 15) is 8.78 Å². The van der Waals surface area contributed by atoms with Gasteiger partial charge in [-0.05, 0) is 81.8 Å². The Labute approximate surface area is 139 Å². The number of benzene rings is 2. The SMILES string of the molecule is CNC(Cc1c(F)ccc(Br)c1F)c1cccc(I)c1. The van der Waals surface area contributed by atoms with Gasteiger partial charge in [-0.1, -0.05) is 12.1 Å². The highest BCUT2D eigenvalue weighted by Crippen LogP contribution is 2.27. The first-order chi connectivity index (χ1) is 9.52. The van der Waals surface area contributed by atoms with E-state index in [1.807, 2.05) is 24.3 Å². The molecule has 0 aliphatic carbocycles. The highest BCUT2D eigenvalue weighted by molar-refractivity contribution is 14.1. The molecule has 0 amide bonds. The quantitative estimate of drug-likeness (QED) is 0.518. The molecule has 0 spiro atoms. The van der Waals surface area contributed by atoms with Crippen LogP contribution in [0.1, 0.15) is 17.2 Å². The van der Waals surface area contributed by atoms with Crippen LogP contribution in [-0.4, -0.2) is 7.05 Å². The van der Waals surface area contributed by atoms with E-state index in [-0.39, 0.29) is 22.5 Å². The van der Waals surface area contributed by atoms with Crippen molar-refractivity contribution in [3.8, 4) is 0 Å². The molecule has 1 atom stereocenters. The molecule has 1 N–H and O–H groups in total. The number of hydrogen-bond acceptors (Lipinski definition) is 1. The van der Waals surface area contributed by atoms with E-state index in [0.29, 0.717) is 0 Å².